The standard InChI is InChI=1S/C20H41N3/c21-15-13-16-22-17-14-20-23-18-11-9-7-5-3-1-2-4-6-8-10-12-19-23/h1,3,22H,2,4-21H2/b3-1-. The van der Waals surface area contributed by atoms with Gasteiger partial charge in [0.15, 0.2) is 0 Å². The zero-order valence-corrected chi connectivity index (χ0v) is 15.4. The molecule has 0 unspecified atom stereocenters. The highest BCUT2D eigenvalue weighted by Gasteiger charge is 2.04. The monoisotopic (exact) mass is 323 g/mol. The van der Waals surface area contributed by atoms with Crippen LogP contribution in [0.1, 0.15) is 77.0 Å². The maximum atomic E-state index is 5.52. The summed E-state index contributed by atoms with van der Waals surface area (Å²) < 4.78 is 0. The van der Waals surface area contributed by atoms with E-state index in [9.17, 15) is 0 Å². The normalized spacial score (nSPS) is 21.4. The molecule has 0 atom stereocenters. The molecular formula is C20H41N3. The van der Waals surface area contributed by atoms with Gasteiger partial charge in [-0.15, -0.1) is 0 Å². The Morgan fingerprint density at radius 3 is 2.00 bits per heavy atom. The Labute approximate surface area is 145 Å². The molecule has 136 valence electrons. The van der Waals surface area contributed by atoms with Gasteiger partial charge in [-0.25, -0.2) is 0 Å². The first-order valence-electron chi connectivity index (χ1n) is 10.2. The summed E-state index contributed by atoms with van der Waals surface area (Å²) in [6.45, 7) is 6.88. The van der Waals surface area contributed by atoms with Gasteiger partial charge in [0.05, 0.1) is 0 Å². The van der Waals surface area contributed by atoms with Crippen molar-refractivity contribution >= 4 is 0 Å². The average Bonchev–Trinajstić information content (AvgIpc) is 2.57. The summed E-state index contributed by atoms with van der Waals surface area (Å²) in [4.78, 5) is 2.71. The topological polar surface area (TPSA) is 41.3 Å². The molecule has 0 aromatic carbocycles. The third-order valence-corrected chi connectivity index (χ3v) is 4.74. The van der Waals surface area contributed by atoms with E-state index in [0.717, 1.165) is 26.1 Å². The highest BCUT2D eigenvalue weighted by molar-refractivity contribution is 4.81. The molecule has 0 saturated heterocycles. The summed E-state index contributed by atoms with van der Waals surface area (Å²) in [6, 6.07) is 0. The van der Waals surface area contributed by atoms with Crippen molar-refractivity contribution in [2.24, 2.45) is 5.73 Å². The van der Waals surface area contributed by atoms with Gasteiger partial charge >= 0.3 is 0 Å². The van der Waals surface area contributed by atoms with Gasteiger partial charge in [0, 0.05) is 0 Å². The number of allylic oxidation sites excluding steroid dienone is 2. The average molecular weight is 324 g/mol. The van der Waals surface area contributed by atoms with E-state index in [0.29, 0.717) is 0 Å². The van der Waals surface area contributed by atoms with Crippen LogP contribution in [-0.2, 0) is 0 Å². The molecule has 1 rings (SSSR count). The quantitative estimate of drug-likeness (QED) is 0.548. The molecule has 0 aromatic rings. The van der Waals surface area contributed by atoms with Gasteiger partial charge in [0.1, 0.15) is 0 Å². The molecule has 1 heterocycles. The molecule has 0 aliphatic carbocycles. The van der Waals surface area contributed by atoms with Crippen molar-refractivity contribution in [1.29, 1.82) is 0 Å². The Hall–Kier alpha value is -0.380. The second-order valence-corrected chi connectivity index (χ2v) is 6.96. The molecule has 0 saturated carbocycles. The van der Waals surface area contributed by atoms with E-state index < -0.39 is 0 Å². The summed E-state index contributed by atoms with van der Waals surface area (Å²) >= 11 is 0. The molecule has 0 radical (unpaired) electrons. The first-order valence-corrected chi connectivity index (χ1v) is 10.2. The number of nitrogens with zero attached hydrogens (tertiary/aromatic N) is 1. The smallest absolute Gasteiger partial charge is 0.000664 e. The molecule has 1 aliphatic rings. The zero-order chi connectivity index (χ0) is 16.4. The lowest BCUT2D eigenvalue weighted by Gasteiger charge is -2.22. The van der Waals surface area contributed by atoms with E-state index in [1.54, 1.807) is 0 Å². The van der Waals surface area contributed by atoms with Gasteiger partial charge in [-0.2, -0.15) is 0 Å². The molecule has 0 bridgehead atoms. The molecule has 23 heavy (non-hydrogen) atoms. The molecule has 3 nitrogen and oxygen atoms in total. The summed E-state index contributed by atoms with van der Waals surface area (Å²) in [5, 5.41) is 3.50. The Kier molecular flexibility index (Phi) is 14.8. The van der Waals surface area contributed by atoms with Gasteiger partial charge in [0.2, 0.25) is 0 Å². The third-order valence-electron chi connectivity index (χ3n) is 4.74. The first-order chi connectivity index (χ1) is 11.4. The maximum Gasteiger partial charge on any atom is -0.000664 e. The van der Waals surface area contributed by atoms with Gasteiger partial charge in [-0.1, -0.05) is 37.8 Å². The van der Waals surface area contributed by atoms with E-state index in [2.05, 4.69) is 22.4 Å². The van der Waals surface area contributed by atoms with Crippen LogP contribution in [-0.4, -0.2) is 44.2 Å². The fourth-order valence-corrected chi connectivity index (χ4v) is 3.25. The molecule has 0 amide bonds. The fraction of sp³-hybridized carbons (Fsp3) is 0.900. The van der Waals surface area contributed by atoms with Crippen LogP contribution in [0, 0.1) is 0 Å². The van der Waals surface area contributed by atoms with Gasteiger partial charge < -0.3 is 16.0 Å². The van der Waals surface area contributed by atoms with Crippen molar-refractivity contribution in [3.63, 3.8) is 0 Å². The second-order valence-electron chi connectivity index (χ2n) is 6.96. The highest BCUT2D eigenvalue weighted by atomic mass is 15.1. The molecule has 1 aliphatic heterocycles. The molecular weight excluding hydrogens is 282 g/mol. The zero-order valence-electron chi connectivity index (χ0n) is 15.4. The highest BCUT2D eigenvalue weighted by Crippen LogP contribution is 2.10. The molecule has 0 spiro atoms. The van der Waals surface area contributed by atoms with Crippen molar-refractivity contribution in [2.75, 3.05) is 39.3 Å². The largest absolute Gasteiger partial charge is 0.330 e. The molecule has 0 aromatic heterocycles. The minimum atomic E-state index is 0.800. The van der Waals surface area contributed by atoms with E-state index in [1.807, 2.05) is 0 Å². The van der Waals surface area contributed by atoms with Crippen molar-refractivity contribution < 1.29 is 0 Å². The Morgan fingerprint density at radius 2 is 1.30 bits per heavy atom. The fourth-order valence-electron chi connectivity index (χ4n) is 3.25. The number of nitrogens with one attached hydrogen (secondary N) is 1. The molecule has 3 heteroatoms. The third kappa shape index (κ3) is 13.7. The number of rotatable bonds is 7. The summed E-state index contributed by atoms with van der Waals surface area (Å²) in [7, 11) is 0. The van der Waals surface area contributed by atoms with Crippen LogP contribution in [0.4, 0.5) is 0 Å². The maximum absolute atomic E-state index is 5.52. The van der Waals surface area contributed by atoms with E-state index >= 15 is 0 Å². The van der Waals surface area contributed by atoms with Gasteiger partial charge in [-0.05, 0) is 90.6 Å². The lowest BCUT2D eigenvalue weighted by molar-refractivity contribution is 0.256. The Morgan fingerprint density at radius 1 is 0.739 bits per heavy atom. The van der Waals surface area contributed by atoms with Crippen LogP contribution in [0.25, 0.3) is 0 Å². The minimum Gasteiger partial charge on any atom is -0.330 e. The second kappa shape index (κ2) is 16.5. The SMILES string of the molecule is NCCCNCCCN1CCCCC/C=C\CCCCCCC1. The summed E-state index contributed by atoms with van der Waals surface area (Å²) in [6.07, 6.45) is 20.9. The number of hydrogen-bond donors (Lipinski definition) is 2. The number of nitrogens with two attached hydrogens (primary N) is 1. The Bertz CT molecular complexity index is 266. The Balaban J connectivity index is 2.18. The minimum absolute atomic E-state index is 0.800. The molecule has 0 fully saturated rings. The summed E-state index contributed by atoms with van der Waals surface area (Å²) in [5.41, 5.74) is 5.52. The van der Waals surface area contributed by atoms with Crippen LogP contribution in [0.15, 0.2) is 12.2 Å². The van der Waals surface area contributed by atoms with Crippen LogP contribution < -0.4 is 11.1 Å². The van der Waals surface area contributed by atoms with E-state index in [4.69, 9.17) is 5.73 Å². The van der Waals surface area contributed by atoms with Crippen LogP contribution in [0.2, 0.25) is 0 Å². The predicted molar refractivity (Wildman–Crippen MR) is 103 cm³/mol. The van der Waals surface area contributed by atoms with Crippen LogP contribution >= 0.6 is 0 Å². The lowest BCUT2D eigenvalue weighted by Crippen LogP contribution is -2.30. The number of hydrogen-bond acceptors (Lipinski definition) is 3. The van der Waals surface area contributed by atoms with E-state index in [1.165, 1.54) is 90.3 Å². The lowest BCUT2D eigenvalue weighted by atomic mass is 10.1. The van der Waals surface area contributed by atoms with Crippen molar-refractivity contribution in [3.8, 4) is 0 Å². The first kappa shape index (κ1) is 20.7. The van der Waals surface area contributed by atoms with Crippen molar-refractivity contribution in [3.05, 3.63) is 12.2 Å². The molecule has 3 N–H and O–H groups in total. The van der Waals surface area contributed by atoms with Gasteiger partial charge in [0.25, 0.3) is 0 Å². The predicted octanol–water partition coefficient (Wildman–Crippen LogP) is 4.09. The van der Waals surface area contributed by atoms with Gasteiger partial charge in [-0.3, -0.25) is 0 Å². The summed E-state index contributed by atoms with van der Waals surface area (Å²) in [5.74, 6) is 0. The van der Waals surface area contributed by atoms with Crippen molar-refractivity contribution in [2.45, 2.75) is 77.0 Å². The van der Waals surface area contributed by atoms with Crippen molar-refractivity contribution in [1.82, 2.24) is 10.2 Å². The van der Waals surface area contributed by atoms with E-state index in [-0.39, 0.29) is 0 Å². The van der Waals surface area contributed by atoms with Crippen LogP contribution in [0.3, 0.4) is 0 Å². The van der Waals surface area contributed by atoms with Crippen LogP contribution in [0.5, 0.6) is 0 Å².